The maximum Gasteiger partial charge on any atom is 0.252 e. The van der Waals surface area contributed by atoms with Gasteiger partial charge in [-0.2, -0.15) is 0 Å². The Morgan fingerprint density at radius 2 is 1.51 bits per heavy atom. The Balaban J connectivity index is 1.28. The van der Waals surface area contributed by atoms with E-state index in [1.54, 1.807) is 34.6 Å². The highest BCUT2D eigenvalue weighted by molar-refractivity contribution is 5.90. The fourth-order valence-corrected chi connectivity index (χ4v) is 4.39. The molecular weight excluding hydrogens is 458 g/mol. The van der Waals surface area contributed by atoms with Crippen LogP contribution in [0.15, 0.2) is 30.3 Å². The number of hydrogen-bond acceptors (Lipinski definition) is 8. The van der Waals surface area contributed by atoms with Crippen molar-refractivity contribution in [3.05, 3.63) is 35.9 Å². The molecule has 3 aliphatic rings. The van der Waals surface area contributed by atoms with Crippen molar-refractivity contribution in [2.75, 3.05) is 6.54 Å². The fourth-order valence-electron chi connectivity index (χ4n) is 4.39. The molecule has 4 rings (SSSR count). The fraction of sp³-hybridized carbons (Fsp3) is 0.625. The summed E-state index contributed by atoms with van der Waals surface area (Å²) in [5.74, 6) is -3.25. The Bertz CT molecular complexity index is 953. The van der Waals surface area contributed by atoms with Crippen LogP contribution >= 0.6 is 0 Å². The lowest BCUT2D eigenvalue weighted by Gasteiger charge is -2.36. The van der Waals surface area contributed by atoms with Gasteiger partial charge < -0.3 is 39.6 Å². The lowest BCUT2D eigenvalue weighted by molar-refractivity contribution is -0.231. The van der Waals surface area contributed by atoms with E-state index in [-0.39, 0.29) is 12.5 Å². The summed E-state index contributed by atoms with van der Waals surface area (Å²) in [5.41, 5.74) is 0.945. The molecule has 3 aliphatic heterocycles. The lowest BCUT2D eigenvalue weighted by atomic mass is 9.98. The van der Waals surface area contributed by atoms with Gasteiger partial charge in [0.25, 0.3) is 5.91 Å². The van der Waals surface area contributed by atoms with Gasteiger partial charge >= 0.3 is 0 Å². The van der Waals surface area contributed by atoms with E-state index in [2.05, 4.69) is 16.0 Å². The van der Waals surface area contributed by atoms with E-state index in [1.807, 2.05) is 30.3 Å². The molecule has 0 spiro atoms. The minimum atomic E-state index is -1.07. The van der Waals surface area contributed by atoms with E-state index in [4.69, 9.17) is 23.7 Å². The minimum absolute atomic E-state index is 0.335. The van der Waals surface area contributed by atoms with Crippen LogP contribution in [0.3, 0.4) is 0 Å². The number of fused-ring (bicyclic) bond motifs is 3. The smallest absolute Gasteiger partial charge is 0.252 e. The van der Waals surface area contributed by atoms with Gasteiger partial charge in [0.05, 0.1) is 6.54 Å². The monoisotopic (exact) mass is 491 g/mol. The average Bonchev–Trinajstić information content (AvgIpc) is 3.29. The van der Waals surface area contributed by atoms with Crippen molar-refractivity contribution in [2.24, 2.45) is 0 Å². The number of carbonyl (C=O) groups excluding carboxylic acids is 3. The van der Waals surface area contributed by atoms with Crippen molar-refractivity contribution in [3.8, 4) is 0 Å². The summed E-state index contributed by atoms with van der Waals surface area (Å²) in [6, 6.07) is 8.65. The van der Waals surface area contributed by atoms with Crippen LogP contribution in [0.4, 0.5) is 0 Å². The highest BCUT2D eigenvalue weighted by atomic mass is 16.9. The second-order valence-electron chi connectivity index (χ2n) is 9.80. The van der Waals surface area contributed by atoms with Crippen LogP contribution < -0.4 is 16.0 Å². The summed E-state index contributed by atoms with van der Waals surface area (Å²) in [7, 11) is 0. The number of nitrogens with one attached hydrogen (secondary N) is 3. The van der Waals surface area contributed by atoms with Gasteiger partial charge in [0, 0.05) is 6.54 Å². The van der Waals surface area contributed by atoms with E-state index in [1.165, 1.54) is 0 Å². The summed E-state index contributed by atoms with van der Waals surface area (Å²) in [6.45, 7) is 8.57. The zero-order chi connectivity index (χ0) is 25.4. The van der Waals surface area contributed by atoms with Crippen LogP contribution in [-0.2, 0) is 44.6 Å². The molecule has 1 aromatic carbocycles. The van der Waals surface area contributed by atoms with Crippen molar-refractivity contribution < 1.29 is 38.1 Å². The quantitative estimate of drug-likeness (QED) is 0.497. The molecule has 0 aromatic heterocycles. The highest BCUT2D eigenvalue weighted by Crippen LogP contribution is 2.44. The molecule has 1 aromatic rings. The van der Waals surface area contributed by atoms with Crippen LogP contribution in [0.2, 0.25) is 0 Å². The molecule has 3 N–H and O–H groups in total. The first-order valence-electron chi connectivity index (χ1n) is 11.7. The summed E-state index contributed by atoms with van der Waals surface area (Å²) in [4.78, 5) is 37.6. The van der Waals surface area contributed by atoms with E-state index in [9.17, 15) is 14.4 Å². The first kappa shape index (κ1) is 25.5. The van der Waals surface area contributed by atoms with Gasteiger partial charge in [-0.3, -0.25) is 14.4 Å². The van der Waals surface area contributed by atoms with Gasteiger partial charge in [0.2, 0.25) is 11.8 Å². The summed E-state index contributed by atoms with van der Waals surface area (Å²) in [5, 5.41) is 7.89. The summed E-state index contributed by atoms with van der Waals surface area (Å²) >= 11 is 0. The predicted octanol–water partition coefficient (Wildman–Crippen LogP) is 0.320. The number of carbonyl (C=O) groups is 3. The molecule has 35 heavy (non-hydrogen) atoms. The molecular formula is C24H33N3O8. The molecule has 0 radical (unpaired) electrons. The zero-order valence-corrected chi connectivity index (χ0v) is 20.5. The maximum atomic E-state index is 13.0. The lowest BCUT2D eigenvalue weighted by Crippen LogP contribution is -2.60. The predicted molar refractivity (Wildman–Crippen MR) is 121 cm³/mol. The van der Waals surface area contributed by atoms with Gasteiger partial charge in [0.1, 0.15) is 24.4 Å². The van der Waals surface area contributed by atoms with E-state index in [0.717, 1.165) is 5.56 Å². The van der Waals surface area contributed by atoms with Gasteiger partial charge in [-0.25, -0.2) is 0 Å². The maximum absolute atomic E-state index is 13.0. The van der Waals surface area contributed by atoms with E-state index < -0.39 is 60.1 Å². The summed E-state index contributed by atoms with van der Waals surface area (Å²) < 4.78 is 29.5. The molecule has 192 valence electrons. The van der Waals surface area contributed by atoms with E-state index in [0.29, 0.717) is 6.54 Å². The van der Waals surface area contributed by atoms with Gasteiger partial charge in [-0.05, 0) is 40.2 Å². The molecule has 0 unspecified atom stereocenters. The molecule has 3 saturated heterocycles. The Kier molecular flexibility index (Phi) is 7.16. The zero-order valence-electron chi connectivity index (χ0n) is 20.5. The van der Waals surface area contributed by atoms with Crippen molar-refractivity contribution in [2.45, 2.75) is 89.5 Å². The highest BCUT2D eigenvalue weighted by Gasteiger charge is 2.62. The third-order valence-electron chi connectivity index (χ3n) is 5.92. The standard InChI is InChI=1S/C24H33N3O8/c1-13(20(29)25-11-14-9-7-6-8-10-14)27-15(28)12-26-21(30)18-16-17(33-23(2,3)32-16)19-22(31-18)35-24(4,5)34-19/h6-10,13,16-19,22H,11-12H2,1-5H3,(H,25,29)(H,26,30)(H,27,28)/t13-,16+,17+,18-,19+,22-/m1/s1. The third-order valence-corrected chi connectivity index (χ3v) is 5.92. The first-order valence-corrected chi connectivity index (χ1v) is 11.7. The molecule has 6 atom stereocenters. The van der Waals surface area contributed by atoms with Gasteiger partial charge in [0.15, 0.2) is 24.0 Å². The number of rotatable bonds is 7. The molecule has 0 saturated carbocycles. The van der Waals surface area contributed by atoms with Crippen LogP contribution in [-0.4, -0.2) is 72.6 Å². The minimum Gasteiger partial charge on any atom is -0.350 e. The topological polar surface area (TPSA) is 133 Å². The van der Waals surface area contributed by atoms with Crippen LogP contribution in [0.5, 0.6) is 0 Å². The van der Waals surface area contributed by atoms with Crippen LogP contribution in [0, 0.1) is 0 Å². The van der Waals surface area contributed by atoms with Crippen LogP contribution in [0.25, 0.3) is 0 Å². The van der Waals surface area contributed by atoms with Crippen LogP contribution in [0.1, 0.15) is 40.2 Å². The van der Waals surface area contributed by atoms with Gasteiger partial charge in [-0.1, -0.05) is 30.3 Å². The van der Waals surface area contributed by atoms with Crippen molar-refractivity contribution in [1.82, 2.24) is 16.0 Å². The Morgan fingerprint density at radius 3 is 2.23 bits per heavy atom. The first-order chi connectivity index (χ1) is 16.4. The third kappa shape index (κ3) is 5.99. The SMILES string of the molecule is C[C@@H](NC(=O)CNC(=O)[C@@H]1O[C@@H]2OC(C)(C)O[C@H]2[C@H]2OC(C)(C)O[C@@H]21)C(=O)NCc1ccccc1. The Labute approximate surface area is 204 Å². The molecule has 3 heterocycles. The second-order valence-corrected chi connectivity index (χ2v) is 9.80. The molecule has 3 amide bonds. The molecule has 3 fully saturated rings. The number of hydrogen-bond donors (Lipinski definition) is 3. The number of benzene rings is 1. The average molecular weight is 492 g/mol. The molecule has 0 aliphatic carbocycles. The van der Waals surface area contributed by atoms with Crippen molar-refractivity contribution >= 4 is 17.7 Å². The molecule has 11 heteroatoms. The number of ether oxygens (including phenoxy) is 5. The second kappa shape index (κ2) is 9.82. The van der Waals surface area contributed by atoms with Crippen molar-refractivity contribution in [1.29, 1.82) is 0 Å². The van der Waals surface area contributed by atoms with Gasteiger partial charge in [-0.15, -0.1) is 0 Å². The summed E-state index contributed by atoms with van der Waals surface area (Å²) in [6.07, 6.45) is -3.76. The largest absolute Gasteiger partial charge is 0.350 e. The Morgan fingerprint density at radius 1 is 0.886 bits per heavy atom. The number of amides is 3. The molecule has 0 bridgehead atoms. The van der Waals surface area contributed by atoms with E-state index >= 15 is 0 Å². The van der Waals surface area contributed by atoms with Crippen molar-refractivity contribution in [3.63, 3.8) is 0 Å². The Hall–Kier alpha value is -2.57. The molecule has 11 nitrogen and oxygen atoms in total. The normalized spacial score (nSPS) is 31.1.